The van der Waals surface area contributed by atoms with E-state index in [-0.39, 0.29) is 15.9 Å². The zero-order valence-corrected chi connectivity index (χ0v) is 9.22. The fraction of sp³-hybridized carbons (Fsp3) is 0.222. The van der Waals surface area contributed by atoms with Crippen LogP contribution in [0.2, 0.25) is 0 Å². The normalized spacial score (nSPS) is 12.9. The lowest BCUT2D eigenvalue weighted by atomic mass is 10.4. The smallest absolute Gasteiger partial charge is 0.198 e. The van der Waals surface area contributed by atoms with E-state index < -0.39 is 9.84 Å². The van der Waals surface area contributed by atoms with Crippen LogP contribution in [0, 0.1) is 0 Å². The molecule has 0 unspecified atom stereocenters. The maximum atomic E-state index is 11.6. The van der Waals surface area contributed by atoms with Crippen molar-refractivity contribution in [2.75, 3.05) is 5.88 Å². The zero-order chi connectivity index (χ0) is 10.6. The van der Waals surface area contributed by atoms with Gasteiger partial charge in [0, 0.05) is 0 Å². The summed E-state index contributed by atoms with van der Waals surface area (Å²) >= 11 is 5.46. The van der Waals surface area contributed by atoms with Crippen molar-refractivity contribution in [3.8, 4) is 0 Å². The monoisotopic (exact) mass is 231 g/mol. The van der Waals surface area contributed by atoms with Gasteiger partial charge < -0.3 is 0 Å². The van der Waals surface area contributed by atoms with Gasteiger partial charge in [-0.25, -0.2) is 8.42 Å². The Morgan fingerprint density at radius 2 is 1.93 bits per heavy atom. The number of rotatable bonds is 3. The van der Waals surface area contributed by atoms with E-state index in [4.69, 9.17) is 11.6 Å². The predicted molar refractivity (Wildman–Crippen MR) is 57.5 cm³/mol. The largest absolute Gasteiger partial charge is 0.261 e. The van der Waals surface area contributed by atoms with Gasteiger partial charge in [0.2, 0.25) is 0 Å². The van der Waals surface area contributed by atoms with E-state index in [2.05, 4.69) is 4.99 Å². The van der Waals surface area contributed by atoms with Crippen molar-refractivity contribution in [2.24, 2.45) is 4.99 Å². The first kappa shape index (κ1) is 11.2. The molecule has 0 atom stereocenters. The van der Waals surface area contributed by atoms with E-state index in [0.717, 1.165) is 0 Å². The number of hydrogen-bond donors (Lipinski definition) is 0. The molecule has 14 heavy (non-hydrogen) atoms. The summed E-state index contributed by atoms with van der Waals surface area (Å²) in [5, 5.41) is 0.240. The molecule has 1 aromatic rings. The van der Waals surface area contributed by atoms with Crippen molar-refractivity contribution in [3.63, 3.8) is 0 Å². The lowest BCUT2D eigenvalue weighted by Gasteiger charge is -1.99. The molecule has 1 rings (SSSR count). The van der Waals surface area contributed by atoms with E-state index in [1.165, 1.54) is 12.1 Å². The molecule has 3 nitrogen and oxygen atoms in total. The molecule has 0 aromatic heterocycles. The standard InChI is InChI=1S/C9H10ClNO2S/c1-8(10)11-7-14(12,13)9-5-3-2-4-6-9/h2-6H,7H2,1H3. The Labute approximate surface area is 88.4 Å². The van der Waals surface area contributed by atoms with Crippen LogP contribution in [0.3, 0.4) is 0 Å². The molecule has 0 amide bonds. The molecular formula is C9H10ClNO2S. The van der Waals surface area contributed by atoms with Gasteiger partial charge in [-0.1, -0.05) is 29.8 Å². The Hall–Kier alpha value is -0.870. The van der Waals surface area contributed by atoms with Crippen LogP contribution in [-0.4, -0.2) is 19.5 Å². The summed E-state index contributed by atoms with van der Waals surface area (Å²) in [7, 11) is -3.33. The van der Waals surface area contributed by atoms with Gasteiger partial charge in [-0.2, -0.15) is 0 Å². The number of halogens is 1. The summed E-state index contributed by atoms with van der Waals surface area (Å²) in [5.41, 5.74) is 0. The number of nitrogens with zero attached hydrogens (tertiary/aromatic N) is 1. The lowest BCUT2D eigenvalue weighted by Crippen LogP contribution is -2.05. The van der Waals surface area contributed by atoms with Gasteiger partial charge in [-0.3, -0.25) is 4.99 Å². The summed E-state index contributed by atoms with van der Waals surface area (Å²) in [6.45, 7) is 1.54. The topological polar surface area (TPSA) is 46.5 Å². The van der Waals surface area contributed by atoms with Crippen molar-refractivity contribution in [1.82, 2.24) is 0 Å². The van der Waals surface area contributed by atoms with Gasteiger partial charge in [0.05, 0.1) is 10.1 Å². The highest BCUT2D eigenvalue weighted by Gasteiger charge is 2.12. The molecular weight excluding hydrogens is 222 g/mol. The van der Waals surface area contributed by atoms with Crippen molar-refractivity contribution in [3.05, 3.63) is 30.3 Å². The van der Waals surface area contributed by atoms with Crippen LogP contribution >= 0.6 is 11.6 Å². The van der Waals surface area contributed by atoms with Gasteiger partial charge in [-0.15, -0.1) is 0 Å². The van der Waals surface area contributed by atoms with E-state index in [1.807, 2.05) is 0 Å². The first-order valence-electron chi connectivity index (χ1n) is 3.97. The van der Waals surface area contributed by atoms with E-state index >= 15 is 0 Å². The molecule has 0 saturated heterocycles. The number of benzene rings is 1. The third-order valence-electron chi connectivity index (χ3n) is 1.55. The number of sulfone groups is 1. The molecule has 0 aliphatic heterocycles. The molecule has 0 fully saturated rings. The second kappa shape index (κ2) is 4.57. The quantitative estimate of drug-likeness (QED) is 0.748. The van der Waals surface area contributed by atoms with Crippen LogP contribution in [-0.2, 0) is 9.84 Å². The second-order valence-electron chi connectivity index (χ2n) is 2.71. The van der Waals surface area contributed by atoms with E-state index in [9.17, 15) is 8.42 Å². The van der Waals surface area contributed by atoms with Crippen LogP contribution in [0.15, 0.2) is 40.2 Å². The summed E-state index contributed by atoms with van der Waals surface area (Å²) < 4.78 is 23.1. The van der Waals surface area contributed by atoms with Crippen LogP contribution in [0.4, 0.5) is 0 Å². The molecule has 0 aliphatic rings. The van der Waals surface area contributed by atoms with Gasteiger partial charge >= 0.3 is 0 Å². The van der Waals surface area contributed by atoms with Crippen molar-refractivity contribution in [1.29, 1.82) is 0 Å². The van der Waals surface area contributed by atoms with Crippen molar-refractivity contribution >= 4 is 26.6 Å². The van der Waals surface area contributed by atoms with Crippen molar-refractivity contribution < 1.29 is 8.42 Å². The highest BCUT2D eigenvalue weighted by atomic mass is 35.5. The second-order valence-corrected chi connectivity index (χ2v) is 5.22. The third kappa shape index (κ3) is 3.12. The zero-order valence-electron chi connectivity index (χ0n) is 7.64. The summed E-state index contributed by atoms with van der Waals surface area (Å²) in [6, 6.07) is 8.17. The van der Waals surface area contributed by atoms with E-state index in [0.29, 0.717) is 0 Å². The van der Waals surface area contributed by atoms with Crippen molar-refractivity contribution in [2.45, 2.75) is 11.8 Å². The summed E-state index contributed by atoms with van der Waals surface area (Å²) in [5.74, 6) is -0.299. The molecule has 0 aliphatic carbocycles. The Bertz CT molecular complexity index is 421. The first-order valence-corrected chi connectivity index (χ1v) is 6.00. The molecule has 5 heteroatoms. The Kier molecular flexibility index (Phi) is 3.66. The number of hydrogen-bond acceptors (Lipinski definition) is 3. The first-order chi connectivity index (χ1) is 6.52. The van der Waals surface area contributed by atoms with Crippen LogP contribution in [0.5, 0.6) is 0 Å². The summed E-state index contributed by atoms with van der Waals surface area (Å²) in [6.07, 6.45) is 0. The molecule has 0 spiro atoms. The highest BCUT2D eigenvalue weighted by Crippen LogP contribution is 2.10. The Morgan fingerprint density at radius 3 is 2.43 bits per heavy atom. The Morgan fingerprint density at radius 1 is 1.36 bits per heavy atom. The Balaban J connectivity index is 2.93. The highest BCUT2D eigenvalue weighted by molar-refractivity contribution is 7.91. The van der Waals surface area contributed by atoms with Crippen LogP contribution < -0.4 is 0 Å². The fourth-order valence-corrected chi connectivity index (χ4v) is 2.09. The lowest BCUT2D eigenvalue weighted by molar-refractivity contribution is 0.596. The van der Waals surface area contributed by atoms with Gasteiger partial charge in [-0.05, 0) is 19.1 Å². The molecule has 0 radical (unpaired) electrons. The SMILES string of the molecule is CC(Cl)=NCS(=O)(=O)c1ccccc1. The fourth-order valence-electron chi connectivity index (χ4n) is 0.876. The molecule has 0 N–H and O–H groups in total. The van der Waals surface area contributed by atoms with Gasteiger partial charge in [0.25, 0.3) is 0 Å². The maximum Gasteiger partial charge on any atom is 0.198 e. The molecule has 0 heterocycles. The van der Waals surface area contributed by atoms with Crippen LogP contribution in [0.25, 0.3) is 0 Å². The van der Waals surface area contributed by atoms with Crippen LogP contribution in [0.1, 0.15) is 6.92 Å². The minimum absolute atomic E-state index is 0.240. The average molecular weight is 232 g/mol. The van der Waals surface area contributed by atoms with Gasteiger partial charge in [0.1, 0.15) is 5.88 Å². The minimum atomic E-state index is -3.33. The third-order valence-corrected chi connectivity index (χ3v) is 3.13. The maximum absolute atomic E-state index is 11.6. The van der Waals surface area contributed by atoms with E-state index in [1.54, 1.807) is 25.1 Å². The summed E-state index contributed by atoms with van der Waals surface area (Å²) in [4.78, 5) is 3.93. The molecule has 76 valence electrons. The average Bonchev–Trinajstić information content (AvgIpc) is 2.16. The minimum Gasteiger partial charge on any atom is -0.261 e. The molecule has 0 saturated carbocycles. The molecule has 1 aromatic carbocycles. The molecule has 0 bridgehead atoms. The predicted octanol–water partition coefficient (Wildman–Crippen LogP) is 2.08. The van der Waals surface area contributed by atoms with Gasteiger partial charge in [0.15, 0.2) is 9.84 Å². The number of aliphatic imine (C=N–C) groups is 1.